The average molecular weight is 348 g/mol. The summed E-state index contributed by atoms with van der Waals surface area (Å²) in [6.45, 7) is 0. The second kappa shape index (κ2) is 4.90. The van der Waals surface area contributed by atoms with E-state index in [9.17, 15) is 0 Å². The van der Waals surface area contributed by atoms with Crippen molar-refractivity contribution in [2.75, 3.05) is 5.32 Å². The lowest BCUT2D eigenvalue weighted by molar-refractivity contribution is 0.609. The van der Waals surface area contributed by atoms with Crippen LogP contribution >= 0.6 is 27.3 Å². The molecule has 0 saturated heterocycles. The number of fused-ring (bicyclic) bond motifs is 2. The lowest BCUT2D eigenvalue weighted by Gasteiger charge is -2.25. The zero-order valence-electron chi connectivity index (χ0n) is 10.8. The highest BCUT2D eigenvalue weighted by atomic mass is 79.9. The van der Waals surface area contributed by atoms with Crippen LogP contribution in [-0.4, -0.2) is 10.2 Å². The molecule has 0 radical (unpaired) electrons. The second-order valence-electron chi connectivity index (χ2n) is 5.15. The van der Waals surface area contributed by atoms with Crippen LogP contribution in [0.2, 0.25) is 0 Å². The van der Waals surface area contributed by atoms with E-state index < -0.39 is 0 Å². The smallest absolute Gasteiger partial charge is 0.0705 e. The summed E-state index contributed by atoms with van der Waals surface area (Å²) in [7, 11) is 0. The van der Waals surface area contributed by atoms with Crippen LogP contribution in [0, 0.1) is 0 Å². The van der Waals surface area contributed by atoms with Crippen molar-refractivity contribution in [1.82, 2.24) is 10.2 Å². The first-order chi connectivity index (χ1) is 9.81. The molecule has 1 unspecified atom stereocenters. The van der Waals surface area contributed by atoms with E-state index in [4.69, 9.17) is 0 Å². The summed E-state index contributed by atoms with van der Waals surface area (Å²) in [5.41, 5.74) is 3.70. The Labute approximate surface area is 129 Å². The van der Waals surface area contributed by atoms with Gasteiger partial charge in [-0.25, -0.2) is 0 Å². The molecule has 0 aliphatic heterocycles. The summed E-state index contributed by atoms with van der Waals surface area (Å²) in [6, 6.07) is 8.93. The van der Waals surface area contributed by atoms with Gasteiger partial charge in [-0.3, -0.25) is 5.10 Å². The standard InChI is InChI=1S/C15H14BrN3S/c16-15-7-9-11(4-2-6-14(9)20-15)18-12-3-1-5-13-10(12)8-17-19-13/h1,3,5,7-8,11,18H,2,4,6H2,(H,17,19). The van der Waals surface area contributed by atoms with Crippen LogP contribution in [0.15, 0.2) is 34.2 Å². The number of nitrogens with zero attached hydrogens (tertiary/aromatic N) is 1. The number of nitrogens with one attached hydrogen (secondary N) is 2. The first kappa shape index (κ1) is 12.4. The normalized spacial score (nSPS) is 18.1. The summed E-state index contributed by atoms with van der Waals surface area (Å²) in [5, 5.41) is 12.0. The van der Waals surface area contributed by atoms with Gasteiger partial charge in [0.15, 0.2) is 0 Å². The maximum atomic E-state index is 4.13. The van der Waals surface area contributed by atoms with Gasteiger partial charge in [-0.2, -0.15) is 5.10 Å². The Kier molecular flexibility index (Phi) is 3.04. The molecule has 4 rings (SSSR count). The maximum Gasteiger partial charge on any atom is 0.0705 e. The van der Waals surface area contributed by atoms with E-state index in [0.29, 0.717) is 6.04 Å². The fourth-order valence-electron chi connectivity index (χ4n) is 2.95. The molecule has 1 aliphatic carbocycles. The average Bonchev–Trinajstić information content (AvgIpc) is 3.05. The number of benzene rings is 1. The number of aromatic amines is 1. The summed E-state index contributed by atoms with van der Waals surface area (Å²) >= 11 is 5.48. The van der Waals surface area contributed by atoms with Gasteiger partial charge in [0.1, 0.15) is 0 Å². The van der Waals surface area contributed by atoms with Gasteiger partial charge < -0.3 is 5.32 Å². The van der Waals surface area contributed by atoms with Crippen LogP contribution in [0.25, 0.3) is 10.9 Å². The van der Waals surface area contributed by atoms with Crippen LogP contribution < -0.4 is 5.32 Å². The number of H-pyrrole nitrogens is 1. The lowest BCUT2D eigenvalue weighted by atomic mass is 9.93. The van der Waals surface area contributed by atoms with Crippen molar-refractivity contribution in [1.29, 1.82) is 0 Å². The highest BCUT2D eigenvalue weighted by molar-refractivity contribution is 9.11. The predicted molar refractivity (Wildman–Crippen MR) is 87.4 cm³/mol. The molecule has 5 heteroatoms. The van der Waals surface area contributed by atoms with Gasteiger partial charge in [0.2, 0.25) is 0 Å². The highest BCUT2D eigenvalue weighted by Crippen LogP contribution is 2.40. The molecule has 2 aromatic heterocycles. The predicted octanol–water partition coefficient (Wildman–Crippen LogP) is 4.88. The van der Waals surface area contributed by atoms with Crippen LogP contribution in [0.5, 0.6) is 0 Å². The number of aromatic nitrogens is 2. The minimum absolute atomic E-state index is 0.404. The third-order valence-electron chi connectivity index (χ3n) is 3.90. The molecule has 20 heavy (non-hydrogen) atoms. The molecule has 2 heterocycles. The third kappa shape index (κ3) is 2.05. The zero-order valence-corrected chi connectivity index (χ0v) is 13.2. The minimum Gasteiger partial charge on any atom is -0.378 e. The molecule has 0 amide bonds. The van der Waals surface area contributed by atoms with Gasteiger partial charge in [-0.15, -0.1) is 11.3 Å². The summed E-state index contributed by atoms with van der Waals surface area (Å²) in [6.07, 6.45) is 5.54. The Morgan fingerprint density at radius 3 is 3.30 bits per heavy atom. The van der Waals surface area contributed by atoms with E-state index in [0.717, 1.165) is 16.6 Å². The summed E-state index contributed by atoms with van der Waals surface area (Å²) < 4.78 is 1.23. The third-order valence-corrected chi connectivity index (χ3v) is 5.61. The van der Waals surface area contributed by atoms with Gasteiger partial charge in [-0.1, -0.05) is 6.07 Å². The molecule has 2 N–H and O–H groups in total. The minimum atomic E-state index is 0.404. The van der Waals surface area contributed by atoms with Crippen molar-refractivity contribution in [3.05, 3.63) is 44.7 Å². The quantitative estimate of drug-likeness (QED) is 0.693. The molecule has 0 spiro atoms. The zero-order chi connectivity index (χ0) is 13.5. The number of hydrogen-bond donors (Lipinski definition) is 2. The van der Waals surface area contributed by atoms with Crippen molar-refractivity contribution < 1.29 is 0 Å². The van der Waals surface area contributed by atoms with Crippen LogP contribution in [0.1, 0.15) is 29.3 Å². The van der Waals surface area contributed by atoms with Crippen molar-refractivity contribution in [2.24, 2.45) is 0 Å². The fraction of sp³-hybridized carbons (Fsp3) is 0.267. The molecule has 0 fully saturated rings. The van der Waals surface area contributed by atoms with Crippen LogP contribution in [-0.2, 0) is 6.42 Å². The van der Waals surface area contributed by atoms with E-state index in [1.54, 1.807) is 0 Å². The van der Waals surface area contributed by atoms with E-state index in [1.165, 1.54) is 33.5 Å². The summed E-state index contributed by atoms with van der Waals surface area (Å²) in [4.78, 5) is 1.51. The van der Waals surface area contributed by atoms with Crippen molar-refractivity contribution >= 4 is 43.9 Å². The molecule has 1 atom stereocenters. The fourth-order valence-corrected chi connectivity index (χ4v) is 4.77. The van der Waals surface area contributed by atoms with E-state index in [2.05, 4.69) is 55.7 Å². The topological polar surface area (TPSA) is 40.7 Å². The number of hydrogen-bond acceptors (Lipinski definition) is 3. The van der Waals surface area contributed by atoms with Gasteiger partial charge >= 0.3 is 0 Å². The number of anilines is 1. The number of aryl methyl sites for hydroxylation is 1. The first-order valence-corrected chi connectivity index (χ1v) is 8.39. The number of halogens is 1. The largest absolute Gasteiger partial charge is 0.378 e. The molecule has 1 aliphatic rings. The molecule has 102 valence electrons. The van der Waals surface area contributed by atoms with Crippen molar-refractivity contribution in [2.45, 2.75) is 25.3 Å². The van der Waals surface area contributed by atoms with E-state index in [1.807, 2.05) is 17.5 Å². The summed E-state index contributed by atoms with van der Waals surface area (Å²) in [5.74, 6) is 0. The van der Waals surface area contributed by atoms with Gasteiger partial charge in [-0.05, 0) is 59.0 Å². The maximum absolute atomic E-state index is 4.13. The van der Waals surface area contributed by atoms with E-state index >= 15 is 0 Å². The van der Waals surface area contributed by atoms with Gasteiger partial charge in [0.25, 0.3) is 0 Å². The Bertz CT molecular complexity index is 761. The van der Waals surface area contributed by atoms with Crippen molar-refractivity contribution in [3.63, 3.8) is 0 Å². The highest BCUT2D eigenvalue weighted by Gasteiger charge is 2.23. The van der Waals surface area contributed by atoms with Gasteiger partial charge in [0.05, 0.1) is 21.5 Å². The van der Waals surface area contributed by atoms with Crippen LogP contribution in [0.3, 0.4) is 0 Å². The molecular formula is C15H14BrN3S. The Hall–Kier alpha value is -1.33. The molecule has 0 saturated carbocycles. The SMILES string of the molecule is Brc1cc2c(s1)CCCC2Nc1cccc2[nH]ncc12. The second-order valence-corrected chi connectivity index (χ2v) is 7.67. The molecule has 3 aromatic rings. The molecule has 1 aromatic carbocycles. The molecule has 0 bridgehead atoms. The Morgan fingerprint density at radius 2 is 2.35 bits per heavy atom. The van der Waals surface area contributed by atoms with E-state index in [-0.39, 0.29) is 0 Å². The Morgan fingerprint density at radius 1 is 1.40 bits per heavy atom. The molecular weight excluding hydrogens is 334 g/mol. The number of rotatable bonds is 2. The lowest BCUT2D eigenvalue weighted by Crippen LogP contribution is -2.15. The number of thiophene rings is 1. The molecule has 3 nitrogen and oxygen atoms in total. The Balaban J connectivity index is 1.71. The van der Waals surface area contributed by atoms with Crippen molar-refractivity contribution in [3.8, 4) is 0 Å². The van der Waals surface area contributed by atoms with Gasteiger partial charge in [0, 0.05) is 16.0 Å². The monoisotopic (exact) mass is 347 g/mol. The first-order valence-electron chi connectivity index (χ1n) is 6.78. The van der Waals surface area contributed by atoms with Crippen LogP contribution in [0.4, 0.5) is 5.69 Å².